The van der Waals surface area contributed by atoms with Gasteiger partial charge in [0, 0.05) is 39.5 Å². The van der Waals surface area contributed by atoms with Crippen LogP contribution >= 0.6 is 24.0 Å². The van der Waals surface area contributed by atoms with Crippen LogP contribution in [-0.4, -0.2) is 70.1 Å². The Hall–Kier alpha value is -2.27. The summed E-state index contributed by atoms with van der Waals surface area (Å²) in [5, 5.41) is 0. The molecular formula is C23H28N4O4S2. The first-order valence-corrected chi connectivity index (χ1v) is 12.2. The number of thioether (sulfide) groups is 1. The number of pyridine rings is 1. The number of hydrogen-bond acceptors (Lipinski definition) is 8. The van der Waals surface area contributed by atoms with E-state index in [9.17, 15) is 9.59 Å². The topological polar surface area (TPSA) is 76.4 Å². The van der Waals surface area contributed by atoms with E-state index in [-0.39, 0.29) is 23.7 Å². The minimum Gasteiger partial charge on any atom is -0.385 e. The van der Waals surface area contributed by atoms with E-state index >= 15 is 0 Å². The van der Waals surface area contributed by atoms with Gasteiger partial charge in [-0.3, -0.25) is 18.9 Å². The summed E-state index contributed by atoms with van der Waals surface area (Å²) in [5.74, 6) is 0.380. The van der Waals surface area contributed by atoms with Crippen LogP contribution in [-0.2, 0) is 14.3 Å². The Labute approximate surface area is 202 Å². The molecular weight excluding hydrogens is 460 g/mol. The highest BCUT2D eigenvalue weighted by Crippen LogP contribution is 2.34. The van der Waals surface area contributed by atoms with E-state index in [1.54, 1.807) is 24.3 Å². The molecule has 0 aromatic carbocycles. The standard InChI is InChI=1S/C23H28N4O4S2/c1-14-7-5-8-26-19(14)24-20(25-12-15(2)31-16(3)13-25)17(21(26)28)11-18-22(29)27(23(32)33-18)9-6-10-30-4/h5,7-8,11,15-16H,6,9-10,12-13H2,1-4H3/b18-11+/t15-,16-/m1/s1. The van der Waals surface area contributed by atoms with Crippen LogP contribution in [0.2, 0.25) is 0 Å². The van der Waals surface area contributed by atoms with E-state index in [1.165, 1.54) is 16.2 Å². The van der Waals surface area contributed by atoms with Crippen LogP contribution in [0.3, 0.4) is 0 Å². The van der Waals surface area contributed by atoms with Crippen molar-refractivity contribution in [3.63, 3.8) is 0 Å². The third-order valence-corrected chi connectivity index (χ3v) is 7.04. The van der Waals surface area contributed by atoms with Crippen LogP contribution in [0.5, 0.6) is 0 Å². The number of amides is 1. The maximum absolute atomic E-state index is 13.6. The molecule has 0 aliphatic carbocycles. The van der Waals surface area contributed by atoms with E-state index in [4.69, 9.17) is 26.7 Å². The number of morpholine rings is 1. The third kappa shape index (κ3) is 4.84. The molecule has 33 heavy (non-hydrogen) atoms. The number of ether oxygens (including phenoxy) is 2. The van der Waals surface area contributed by atoms with Crippen molar-refractivity contribution in [2.75, 3.05) is 38.3 Å². The van der Waals surface area contributed by atoms with Gasteiger partial charge in [-0.1, -0.05) is 30.0 Å². The molecule has 0 N–H and O–H groups in total. The smallest absolute Gasteiger partial charge is 0.267 e. The summed E-state index contributed by atoms with van der Waals surface area (Å²) in [6.07, 6.45) is 4.04. The summed E-state index contributed by atoms with van der Waals surface area (Å²) < 4.78 is 13.0. The summed E-state index contributed by atoms with van der Waals surface area (Å²) in [6.45, 7) is 8.19. The Morgan fingerprint density at radius 3 is 2.73 bits per heavy atom. The molecule has 0 bridgehead atoms. The fourth-order valence-corrected chi connectivity index (χ4v) is 5.50. The number of aromatic nitrogens is 2. The van der Waals surface area contributed by atoms with Gasteiger partial charge in [-0.05, 0) is 44.9 Å². The van der Waals surface area contributed by atoms with Gasteiger partial charge in [0.05, 0.1) is 22.7 Å². The van der Waals surface area contributed by atoms with Crippen LogP contribution in [0.15, 0.2) is 28.0 Å². The summed E-state index contributed by atoms with van der Waals surface area (Å²) in [6, 6.07) is 3.75. The van der Waals surface area contributed by atoms with Crippen LogP contribution in [0.25, 0.3) is 11.7 Å². The Kier molecular flexibility index (Phi) is 7.18. The molecule has 2 fully saturated rings. The number of thiocarbonyl (C=S) groups is 1. The molecule has 4 rings (SSSR count). The van der Waals surface area contributed by atoms with Gasteiger partial charge >= 0.3 is 0 Å². The number of methoxy groups -OCH3 is 1. The van der Waals surface area contributed by atoms with Gasteiger partial charge in [-0.15, -0.1) is 0 Å². The van der Waals surface area contributed by atoms with Crippen molar-refractivity contribution in [1.82, 2.24) is 14.3 Å². The molecule has 10 heteroatoms. The monoisotopic (exact) mass is 488 g/mol. The number of carbonyl (C=O) groups is 1. The fraction of sp³-hybridized carbons (Fsp3) is 0.478. The lowest BCUT2D eigenvalue weighted by Gasteiger charge is -2.36. The number of fused-ring (bicyclic) bond motifs is 1. The Balaban J connectivity index is 1.81. The highest BCUT2D eigenvalue weighted by atomic mass is 32.2. The lowest BCUT2D eigenvalue weighted by atomic mass is 10.1. The summed E-state index contributed by atoms with van der Waals surface area (Å²) in [4.78, 5) is 35.7. The quantitative estimate of drug-likeness (QED) is 0.349. The largest absolute Gasteiger partial charge is 0.385 e. The second kappa shape index (κ2) is 9.92. The first kappa shape index (κ1) is 23.9. The molecule has 4 heterocycles. The molecule has 8 nitrogen and oxygen atoms in total. The second-order valence-corrected chi connectivity index (χ2v) is 10.1. The molecule has 0 radical (unpaired) electrons. The van der Waals surface area contributed by atoms with Gasteiger partial charge in [-0.2, -0.15) is 0 Å². The first-order chi connectivity index (χ1) is 15.8. The normalized spacial score (nSPS) is 22.7. The Morgan fingerprint density at radius 2 is 2.03 bits per heavy atom. The SMILES string of the molecule is COCCCN1C(=O)/C(=C\c2c(N3C[C@@H](C)O[C@H](C)C3)nc3c(C)cccn3c2=O)SC1=S. The zero-order valence-electron chi connectivity index (χ0n) is 19.2. The van der Waals surface area contributed by atoms with Gasteiger partial charge in [0.1, 0.15) is 15.8 Å². The molecule has 2 aromatic heterocycles. The number of carbonyl (C=O) groups excluding carboxylic acids is 1. The molecule has 2 aromatic rings. The molecule has 176 valence electrons. The molecule has 2 saturated heterocycles. The predicted molar refractivity (Wildman–Crippen MR) is 135 cm³/mol. The number of hydrogen-bond donors (Lipinski definition) is 0. The van der Waals surface area contributed by atoms with Crippen molar-refractivity contribution < 1.29 is 14.3 Å². The number of nitrogens with zero attached hydrogens (tertiary/aromatic N) is 4. The Bertz CT molecular complexity index is 1170. The van der Waals surface area contributed by atoms with Crippen LogP contribution < -0.4 is 10.5 Å². The molecule has 2 atom stereocenters. The van der Waals surface area contributed by atoms with E-state index in [1.807, 2.05) is 32.9 Å². The van der Waals surface area contributed by atoms with Crippen LogP contribution in [0.4, 0.5) is 5.82 Å². The van der Waals surface area contributed by atoms with E-state index in [0.717, 1.165) is 5.56 Å². The van der Waals surface area contributed by atoms with Crippen molar-refractivity contribution in [1.29, 1.82) is 0 Å². The number of aryl methyl sites for hydroxylation is 1. The van der Waals surface area contributed by atoms with Crippen molar-refractivity contribution >= 4 is 51.7 Å². The maximum Gasteiger partial charge on any atom is 0.267 e. The maximum atomic E-state index is 13.6. The minimum absolute atomic E-state index is 0.00211. The first-order valence-electron chi connectivity index (χ1n) is 11.0. The van der Waals surface area contributed by atoms with Gasteiger partial charge in [-0.25, -0.2) is 4.98 Å². The Morgan fingerprint density at radius 1 is 1.30 bits per heavy atom. The summed E-state index contributed by atoms with van der Waals surface area (Å²) in [7, 11) is 1.63. The van der Waals surface area contributed by atoms with Crippen LogP contribution in [0, 0.1) is 6.92 Å². The highest BCUT2D eigenvalue weighted by molar-refractivity contribution is 8.26. The lowest BCUT2D eigenvalue weighted by molar-refractivity contribution is -0.122. The van der Waals surface area contributed by atoms with E-state index in [0.29, 0.717) is 58.9 Å². The van der Waals surface area contributed by atoms with Crippen LogP contribution in [0.1, 0.15) is 31.4 Å². The molecule has 2 aliphatic heterocycles. The molecule has 2 aliphatic rings. The summed E-state index contributed by atoms with van der Waals surface area (Å²) in [5.41, 5.74) is 1.68. The van der Waals surface area contributed by atoms with E-state index in [2.05, 4.69) is 4.90 Å². The van der Waals surface area contributed by atoms with Crippen molar-refractivity contribution in [3.05, 3.63) is 44.7 Å². The number of rotatable bonds is 6. The predicted octanol–water partition coefficient (Wildman–Crippen LogP) is 2.85. The molecule has 1 amide bonds. The zero-order valence-corrected chi connectivity index (χ0v) is 20.9. The van der Waals surface area contributed by atoms with Gasteiger partial charge < -0.3 is 14.4 Å². The average molecular weight is 489 g/mol. The van der Waals surface area contributed by atoms with Gasteiger partial charge in [0.25, 0.3) is 11.5 Å². The van der Waals surface area contributed by atoms with Gasteiger partial charge in [0.2, 0.25) is 0 Å². The average Bonchev–Trinajstić information content (AvgIpc) is 3.03. The molecule has 0 unspecified atom stereocenters. The molecule has 0 saturated carbocycles. The van der Waals surface area contributed by atoms with Crippen molar-refractivity contribution in [2.24, 2.45) is 0 Å². The molecule has 0 spiro atoms. The third-order valence-electron chi connectivity index (χ3n) is 5.66. The fourth-order valence-electron chi connectivity index (χ4n) is 4.21. The van der Waals surface area contributed by atoms with Gasteiger partial charge in [0.15, 0.2) is 0 Å². The number of anilines is 1. The second-order valence-electron chi connectivity index (χ2n) is 8.38. The minimum atomic E-state index is -0.213. The zero-order chi connectivity index (χ0) is 23.7. The van der Waals surface area contributed by atoms with E-state index < -0.39 is 0 Å². The highest BCUT2D eigenvalue weighted by Gasteiger charge is 2.33. The van der Waals surface area contributed by atoms with Crippen molar-refractivity contribution in [2.45, 2.75) is 39.4 Å². The lowest BCUT2D eigenvalue weighted by Crippen LogP contribution is -2.46. The summed E-state index contributed by atoms with van der Waals surface area (Å²) >= 11 is 6.65. The van der Waals surface area contributed by atoms with Crippen molar-refractivity contribution in [3.8, 4) is 0 Å².